The Kier molecular flexibility index (Phi) is 3.29. The molecule has 1 aromatic carbocycles. The molecule has 0 aliphatic heterocycles. The SMILES string of the molecule is C=C(C)C(=O)OC1(C)c2ccccc2CC1CC. The molecule has 2 rings (SSSR count). The summed E-state index contributed by atoms with van der Waals surface area (Å²) in [6, 6.07) is 8.23. The smallest absolute Gasteiger partial charge is 0.333 e. The van der Waals surface area contributed by atoms with Gasteiger partial charge in [0.05, 0.1) is 0 Å². The van der Waals surface area contributed by atoms with Crippen molar-refractivity contribution in [2.24, 2.45) is 5.92 Å². The first-order valence-electron chi connectivity index (χ1n) is 6.46. The predicted octanol–water partition coefficient (Wildman–Crippen LogP) is 3.60. The van der Waals surface area contributed by atoms with Gasteiger partial charge in [-0.05, 0) is 37.8 Å². The third-order valence-electron chi connectivity index (χ3n) is 3.94. The van der Waals surface area contributed by atoms with E-state index in [0.29, 0.717) is 11.5 Å². The molecule has 1 aromatic rings. The Morgan fingerprint density at radius 1 is 1.50 bits per heavy atom. The second-order valence-corrected chi connectivity index (χ2v) is 5.24. The van der Waals surface area contributed by atoms with Crippen LogP contribution < -0.4 is 0 Å². The molecule has 2 heteroatoms. The highest BCUT2D eigenvalue weighted by molar-refractivity contribution is 5.87. The third kappa shape index (κ3) is 1.96. The summed E-state index contributed by atoms with van der Waals surface area (Å²) >= 11 is 0. The Labute approximate surface area is 109 Å². The molecule has 0 amide bonds. The van der Waals surface area contributed by atoms with Crippen LogP contribution in [0.2, 0.25) is 0 Å². The minimum Gasteiger partial charge on any atom is -0.451 e. The Morgan fingerprint density at radius 3 is 2.78 bits per heavy atom. The van der Waals surface area contributed by atoms with E-state index >= 15 is 0 Å². The van der Waals surface area contributed by atoms with Crippen molar-refractivity contribution in [3.8, 4) is 0 Å². The second kappa shape index (κ2) is 4.60. The molecule has 0 bridgehead atoms. The maximum Gasteiger partial charge on any atom is 0.333 e. The standard InChI is InChI=1S/C16H20O2/c1-5-13-10-12-8-6-7-9-14(12)16(13,4)18-15(17)11(2)3/h6-9,13H,2,5,10H2,1,3-4H3. The van der Waals surface area contributed by atoms with Gasteiger partial charge >= 0.3 is 5.97 Å². The quantitative estimate of drug-likeness (QED) is 0.600. The average Bonchev–Trinajstić information content (AvgIpc) is 2.62. The molecule has 0 saturated heterocycles. The number of rotatable bonds is 3. The van der Waals surface area contributed by atoms with E-state index in [2.05, 4.69) is 25.6 Å². The van der Waals surface area contributed by atoms with Crippen LogP contribution in [0, 0.1) is 5.92 Å². The molecule has 0 fully saturated rings. The lowest BCUT2D eigenvalue weighted by Gasteiger charge is -2.32. The van der Waals surface area contributed by atoms with E-state index in [4.69, 9.17) is 4.74 Å². The van der Waals surface area contributed by atoms with Gasteiger partial charge in [-0.25, -0.2) is 4.79 Å². The molecule has 0 heterocycles. The fraction of sp³-hybridized carbons (Fsp3) is 0.438. The van der Waals surface area contributed by atoms with E-state index in [1.807, 2.05) is 19.1 Å². The van der Waals surface area contributed by atoms with Gasteiger partial charge in [-0.2, -0.15) is 0 Å². The highest BCUT2D eigenvalue weighted by atomic mass is 16.6. The van der Waals surface area contributed by atoms with Crippen LogP contribution in [0.5, 0.6) is 0 Å². The molecule has 0 N–H and O–H groups in total. The molecular formula is C16H20O2. The molecule has 0 spiro atoms. The first-order valence-corrected chi connectivity index (χ1v) is 6.46. The van der Waals surface area contributed by atoms with Gasteiger partial charge in [0.1, 0.15) is 5.60 Å². The highest BCUT2D eigenvalue weighted by Crippen LogP contribution is 2.45. The Morgan fingerprint density at radius 2 is 2.17 bits per heavy atom. The summed E-state index contributed by atoms with van der Waals surface area (Å²) in [5.74, 6) is 0.0471. The molecule has 2 nitrogen and oxygen atoms in total. The first-order chi connectivity index (χ1) is 8.49. The monoisotopic (exact) mass is 244 g/mol. The van der Waals surface area contributed by atoms with Crippen LogP contribution in [-0.4, -0.2) is 5.97 Å². The Hall–Kier alpha value is -1.57. The fourth-order valence-electron chi connectivity index (χ4n) is 2.81. The summed E-state index contributed by atoms with van der Waals surface area (Å²) in [5.41, 5.74) is 2.38. The Balaban J connectivity index is 2.39. The van der Waals surface area contributed by atoms with E-state index in [9.17, 15) is 4.79 Å². The molecule has 0 saturated carbocycles. The summed E-state index contributed by atoms with van der Waals surface area (Å²) in [7, 11) is 0. The summed E-state index contributed by atoms with van der Waals surface area (Å²) in [5, 5.41) is 0. The van der Waals surface area contributed by atoms with Crippen LogP contribution in [0.4, 0.5) is 0 Å². The number of esters is 1. The van der Waals surface area contributed by atoms with Crippen LogP contribution in [-0.2, 0) is 21.6 Å². The second-order valence-electron chi connectivity index (χ2n) is 5.24. The number of fused-ring (bicyclic) bond motifs is 1. The predicted molar refractivity (Wildman–Crippen MR) is 72.2 cm³/mol. The van der Waals surface area contributed by atoms with Crippen molar-refractivity contribution < 1.29 is 9.53 Å². The Bertz CT molecular complexity index is 490. The van der Waals surface area contributed by atoms with Crippen LogP contribution in [0.3, 0.4) is 0 Å². The lowest BCUT2D eigenvalue weighted by atomic mass is 9.87. The van der Waals surface area contributed by atoms with Crippen molar-refractivity contribution in [1.82, 2.24) is 0 Å². The lowest BCUT2D eigenvalue weighted by Crippen LogP contribution is -2.34. The summed E-state index contributed by atoms with van der Waals surface area (Å²) < 4.78 is 5.75. The fourth-order valence-corrected chi connectivity index (χ4v) is 2.81. The van der Waals surface area contributed by atoms with Crippen molar-refractivity contribution >= 4 is 5.97 Å². The van der Waals surface area contributed by atoms with E-state index in [-0.39, 0.29) is 5.97 Å². The number of hydrogen-bond acceptors (Lipinski definition) is 2. The molecule has 0 aromatic heterocycles. The van der Waals surface area contributed by atoms with Gasteiger partial charge in [0.25, 0.3) is 0 Å². The summed E-state index contributed by atoms with van der Waals surface area (Å²) in [6.45, 7) is 9.51. The highest BCUT2D eigenvalue weighted by Gasteiger charge is 2.45. The molecule has 1 aliphatic carbocycles. The van der Waals surface area contributed by atoms with Crippen molar-refractivity contribution in [3.63, 3.8) is 0 Å². The van der Waals surface area contributed by atoms with Crippen LogP contribution in [0.25, 0.3) is 0 Å². The maximum absolute atomic E-state index is 11.9. The maximum atomic E-state index is 11.9. The zero-order valence-corrected chi connectivity index (χ0v) is 11.3. The summed E-state index contributed by atoms with van der Waals surface area (Å²) in [4.78, 5) is 11.9. The topological polar surface area (TPSA) is 26.3 Å². The van der Waals surface area contributed by atoms with Crippen molar-refractivity contribution in [2.75, 3.05) is 0 Å². The van der Waals surface area contributed by atoms with Crippen LogP contribution in [0.1, 0.15) is 38.3 Å². The molecule has 2 atom stereocenters. The van der Waals surface area contributed by atoms with Gasteiger partial charge in [-0.1, -0.05) is 37.8 Å². The van der Waals surface area contributed by atoms with Gasteiger partial charge in [0.2, 0.25) is 0 Å². The van der Waals surface area contributed by atoms with Gasteiger partial charge in [-0.15, -0.1) is 0 Å². The van der Waals surface area contributed by atoms with Crippen molar-refractivity contribution in [3.05, 3.63) is 47.5 Å². The van der Waals surface area contributed by atoms with Crippen molar-refractivity contribution in [1.29, 1.82) is 0 Å². The molecule has 0 radical (unpaired) electrons. The largest absolute Gasteiger partial charge is 0.451 e. The number of ether oxygens (including phenoxy) is 1. The first kappa shape index (κ1) is 12.9. The number of carbonyl (C=O) groups excluding carboxylic acids is 1. The van der Waals surface area contributed by atoms with Gasteiger partial charge in [-0.3, -0.25) is 0 Å². The van der Waals surface area contributed by atoms with E-state index in [1.54, 1.807) is 6.92 Å². The lowest BCUT2D eigenvalue weighted by molar-refractivity contribution is -0.159. The number of benzene rings is 1. The van der Waals surface area contributed by atoms with E-state index < -0.39 is 5.60 Å². The zero-order chi connectivity index (χ0) is 13.3. The number of carbonyl (C=O) groups is 1. The minimum absolute atomic E-state index is 0.298. The van der Waals surface area contributed by atoms with Gasteiger partial charge < -0.3 is 4.74 Å². The van der Waals surface area contributed by atoms with Crippen LogP contribution in [0.15, 0.2) is 36.4 Å². The normalized spacial score (nSPS) is 25.6. The third-order valence-corrected chi connectivity index (χ3v) is 3.94. The van der Waals surface area contributed by atoms with Gasteiger partial charge in [0.15, 0.2) is 0 Å². The molecule has 1 aliphatic rings. The van der Waals surface area contributed by atoms with Crippen LogP contribution >= 0.6 is 0 Å². The molecule has 18 heavy (non-hydrogen) atoms. The summed E-state index contributed by atoms with van der Waals surface area (Å²) in [6.07, 6.45) is 1.97. The molecule has 2 unspecified atom stereocenters. The average molecular weight is 244 g/mol. The molecule has 96 valence electrons. The molecular weight excluding hydrogens is 224 g/mol. The van der Waals surface area contributed by atoms with Crippen molar-refractivity contribution in [2.45, 2.75) is 39.2 Å². The number of hydrogen-bond donors (Lipinski definition) is 0. The zero-order valence-electron chi connectivity index (χ0n) is 11.3. The minimum atomic E-state index is -0.513. The van der Waals surface area contributed by atoms with E-state index in [0.717, 1.165) is 18.4 Å². The van der Waals surface area contributed by atoms with E-state index in [1.165, 1.54) is 5.56 Å². The van der Waals surface area contributed by atoms with Gasteiger partial charge in [0, 0.05) is 11.5 Å².